The number of hydrogen-bond donors (Lipinski definition) is 0. The van der Waals surface area contributed by atoms with Gasteiger partial charge in [-0.2, -0.15) is 0 Å². The Balaban J connectivity index is 0.00000161. The number of aliphatic imine (C=N–C) groups is 2. The molecule has 0 unspecified atom stereocenters. The van der Waals surface area contributed by atoms with Crippen LogP contribution in [-0.4, -0.2) is 16.4 Å². The van der Waals surface area contributed by atoms with Gasteiger partial charge in [0.05, 0.1) is 34.2 Å². The van der Waals surface area contributed by atoms with Gasteiger partial charge in [0, 0.05) is 0 Å². The maximum absolute atomic E-state index is 5.01. The summed E-state index contributed by atoms with van der Waals surface area (Å²) in [4.78, 5) is 14.9. The molecule has 2 aromatic carbocycles. The molecule has 0 N–H and O–H groups in total. The molecule has 6 heteroatoms. The Hall–Kier alpha value is -1.97. The topological polar surface area (TPSA) is 37.6 Å². The molecular formula is C32H41Cl2FeN3. The summed E-state index contributed by atoms with van der Waals surface area (Å²) in [5, 5.41) is 0. The number of aryl methyl sites for hydroxylation is 3. The predicted octanol–water partition coefficient (Wildman–Crippen LogP) is 10.3. The number of nitrogens with zero attached hydrogens (tertiary/aromatic N) is 3. The van der Waals surface area contributed by atoms with Gasteiger partial charge in [-0.3, -0.25) is 9.98 Å². The van der Waals surface area contributed by atoms with Crippen LogP contribution < -0.4 is 0 Å². The molecule has 3 aromatic rings. The van der Waals surface area contributed by atoms with E-state index >= 15 is 0 Å². The van der Waals surface area contributed by atoms with Crippen LogP contribution in [0.1, 0.15) is 94.6 Å². The fourth-order valence-corrected chi connectivity index (χ4v) is 4.20. The maximum atomic E-state index is 5.01. The van der Waals surface area contributed by atoms with Gasteiger partial charge in [-0.05, 0) is 92.0 Å². The molecule has 206 valence electrons. The normalized spacial score (nSPS) is 12.9. The summed E-state index contributed by atoms with van der Waals surface area (Å²) in [5.74, 6) is 0. The Morgan fingerprint density at radius 1 is 0.711 bits per heavy atom. The fraction of sp³-hybridized carbons (Fsp3) is 0.406. The van der Waals surface area contributed by atoms with Crippen molar-refractivity contribution in [3.05, 3.63) is 87.7 Å². The number of benzene rings is 2. The monoisotopic (exact) mass is 593 g/mol. The van der Waals surface area contributed by atoms with Crippen LogP contribution in [0.15, 0.2) is 58.5 Å². The Morgan fingerprint density at radius 2 is 1.13 bits per heavy atom. The summed E-state index contributed by atoms with van der Waals surface area (Å²) < 4.78 is 0. The van der Waals surface area contributed by atoms with Crippen molar-refractivity contribution in [2.24, 2.45) is 9.98 Å². The predicted molar refractivity (Wildman–Crippen MR) is 164 cm³/mol. The zero-order valence-electron chi connectivity index (χ0n) is 24.6. The molecule has 1 heterocycles. The van der Waals surface area contributed by atoms with Gasteiger partial charge in [-0.15, -0.1) is 0 Å². The second kappa shape index (κ2) is 13.4. The van der Waals surface area contributed by atoms with E-state index in [2.05, 4.69) is 92.6 Å². The molecule has 0 saturated heterocycles. The average Bonchev–Trinajstić information content (AvgIpc) is 2.80. The van der Waals surface area contributed by atoms with Crippen molar-refractivity contribution in [3.8, 4) is 0 Å². The first kappa shape index (κ1) is 32.2. The first-order valence-electron chi connectivity index (χ1n) is 12.7. The Morgan fingerprint density at radius 3 is 1.55 bits per heavy atom. The summed E-state index contributed by atoms with van der Waals surface area (Å²) in [5.41, 5.74) is 11.9. The Labute approximate surface area is 244 Å². The standard InChI is InChI=1S/C32H41N3.2ClH.Fe/c1-20-15-21(2)30(22(3)16-20)34-24(5)29-14-12-13-28(35-29)23(4)33-27-18-25(31(6,7)8)17-26(19-27)32(9,10)11;;;/h12-19H,1-11H3;2*1H;/q;;;+2/p-2. The van der Waals surface area contributed by atoms with Crippen LogP contribution in [0.4, 0.5) is 11.4 Å². The first-order chi connectivity index (χ1) is 17.6. The molecule has 0 amide bonds. The molecule has 0 aliphatic carbocycles. The van der Waals surface area contributed by atoms with E-state index in [1.807, 2.05) is 32.0 Å². The van der Waals surface area contributed by atoms with Gasteiger partial charge < -0.3 is 0 Å². The van der Waals surface area contributed by atoms with E-state index in [0.29, 0.717) is 0 Å². The van der Waals surface area contributed by atoms with Gasteiger partial charge in [-0.25, -0.2) is 4.98 Å². The van der Waals surface area contributed by atoms with Crippen molar-refractivity contribution in [1.82, 2.24) is 4.98 Å². The zero-order chi connectivity index (χ0) is 28.8. The van der Waals surface area contributed by atoms with Crippen molar-refractivity contribution >= 4 is 43.0 Å². The molecular weight excluding hydrogens is 553 g/mol. The molecule has 38 heavy (non-hydrogen) atoms. The van der Waals surface area contributed by atoms with Crippen LogP contribution in [-0.2, 0) is 24.0 Å². The average molecular weight is 594 g/mol. The van der Waals surface area contributed by atoms with E-state index in [1.165, 1.54) is 27.8 Å². The van der Waals surface area contributed by atoms with E-state index in [-0.39, 0.29) is 24.0 Å². The molecule has 0 saturated carbocycles. The van der Waals surface area contributed by atoms with Crippen LogP contribution >= 0.6 is 20.2 Å². The number of halogens is 2. The molecule has 0 aliphatic rings. The van der Waals surface area contributed by atoms with E-state index in [4.69, 9.17) is 35.2 Å². The summed E-state index contributed by atoms with van der Waals surface area (Å²) >= 11 is 0.194. The quantitative estimate of drug-likeness (QED) is 0.219. The number of pyridine rings is 1. The van der Waals surface area contributed by atoms with Crippen molar-refractivity contribution in [3.63, 3.8) is 0 Å². The summed E-state index contributed by atoms with van der Waals surface area (Å²) in [6.45, 7) is 23.9. The van der Waals surface area contributed by atoms with E-state index in [0.717, 1.165) is 34.2 Å². The van der Waals surface area contributed by atoms with Crippen LogP contribution in [0.5, 0.6) is 0 Å². The number of hydrogen-bond acceptors (Lipinski definition) is 3. The molecule has 3 rings (SSSR count). The van der Waals surface area contributed by atoms with Gasteiger partial charge in [0.2, 0.25) is 0 Å². The van der Waals surface area contributed by atoms with Gasteiger partial charge in [-0.1, -0.05) is 71.4 Å². The molecule has 1 aromatic heterocycles. The number of aromatic nitrogens is 1. The minimum atomic E-state index is 0.0530. The van der Waals surface area contributed by atoms with Crippen LogP contribution in [0.25, 0.3) is 0 Å². The van der Waals surface area contributed by atoms with Crippen molar-refractivity contribution < 1.29 is 13.1 Å². The molecule has 0 spiro atoms. The van der Waals surface area contributed by atoms with E-state index in [1.54, 1.807) is 0 Å². The van der Waals surface area contributed by atoms with E-state index in [9.17, 15) is 0 Å². The summed E-state index contributed by atoms with van der Waals surface area (Å²) in [6.07, 6.45) is 0. The molecule has 0 fully saturated rings. The van der Waals surface area contributed by atoms with Crippen molar-refractivity contribution in [2.75, 3.05) is 0 Å². The second-order valence-electron chi connectivity index (χ2n) is 11.9. The van der Waals surface area contributed by atoms with Crippen LogP contribution in [0.3, 0.4) is 0 Å². The third-order valence-electron chi connectivity index (χ3n) is 6.35. The third-order valence-corrected chi connectivity index (χ3v) is 6.35. The van der Waals surface area contributed by atoms with Crippen LogP contribution in [0.2, 0.25) is 0 Å². The second-order valence-corrected chi connectivity index (χ2v) is 13.7. The zero-order valence-corrected chi connectivity index (χ0v) is 27.2. The van der Waals surface area contributed by atoms with E-state index < -0.39 is 0 Å². The van der Waals surface area contributed by atoms with Crippen molar-refractivity contribution in [2.45, 2.75) is 87.0 Å². The number of rotatable bonds is 4. The van der Waals surface area contributed by atoms with Gasteiger partial charge in [0.15, 0.2) is 0 Å². The Kier molecular flexibility index (Phi) is 11.4. The first-order valence-corrected chi connectivity index (χ1v) is 15.8. The molecule has 0 radical (unpaired) electrons. The summed E-state index contributed by atoms with van der Waals surface area (Å²) in [7, 11) is 9.53. The molecule has 3 nitrogen and oxygen atoms in total. The molecule has 0 aliphatic heterocycles. The fourth-order valence-electron chi connectivity index (χ4n) is 4.20. The van der Waals surface area contributed by atoms with Gasteiger partial charge in [0.1, 0.15) is 0 Å². The van der Waals surface area contributed by atoms with Crippen molar-refractivity contribution in [1.29, 1.82) is 0 Å². The third kappa shape index (κ3) is 9.06. The SMILES string of the molecule is CC(=Nc1cc(C(C)(C)C)cc(C(C)(C)C)c1)c1cccc(C(C)=Nc2c(C)cc(C)cc2C)n1.[Cl][Fe][Cl]. The van der Waals surface area contributed by atoms with Gasteiger partial charge in [0.25, 0.3) is 0 Å². The Bertz CT molecular complexity index is 1270. The molecule has 0 atom stereocenters. The minimum absolute atomic E-state index is 0.0530. The molecule has 0 bridgehead atoms. The van der Waals surface area contributed by atoms with Gasteiger partial charge >= 0.3 is 33.3 Å². The van der Waals surface area contributed by atoms with Crippen LogP contribution in [0, 0.1) is 20.8 Å². The summed E-state index contributed by atoms with van der Waals surface area (Å²) in [6, 6.07) is 17.2.